The highest BCUT2D eigenvalue weighted by Crippen LogP contribution is 2.29. The van der Waals surface area contributed by atoms with E-state index in [4.69, 9.17) is 5.73 Å². The smallest absolute Gasteiger partial charge is 0.245 e. The Kier molecular flexibility index (Phi) is 5.15. The summed E-state index contributed by atoms with van der Waals surface area (Å²) in [6.07, 6.45) is 1.58. The number of halogens is 1. The van der Waals surface area contributed by atoms with Gasteiger partial charge in [0.05, 0.1) is 18.3 Å². The van der Waals surface area contributed by atoms with Crippen molar-refractivity contribution in [3.05, 3.63) is 70.9 Å². The Bertz CT molecular complexity index is 891. The van der Waals surface area contributed by atoms with Gasteiger partial charge >= 0.3 is 0 Å². The number of nitrogen functional groups attached to an aromatic ring is 1. The molecule has 3 rings (SSSR count). The van der Waals surface area contributed by atoms with Crippen molar-refractivity contribution in [2.24, 2.45) is 5.10 Å². The number of hydrogen-bond donors (Lipinski definition) is 2. The number of rotatable bonds is 5. The number of anilines is 1. The van der Waals surface area contributed by atoms with Crippen molar-refractivity contribution in [3.8, 4) is 11.3 Å². The zero-order chi connectivity index (χ0) is 17.6. The molecule has 0 aliphatic carbocycles. The summed E-state index contributed by atoms with van der Waals surface area (Å²) in [6.45, 7) is 0. The second kappa shape index (κ2) is 7.67. The van der Waals surface area contributed by atoms with Crippen molar-refractivity contribution in [3.63, 3.8) is 0 Å². The second-order valence-electron chi connectivity index (χ2n) is 5.21. The summed E-state index contributed by atoms with van der Waals surface area (Å²) in [5.74, 6) is -0.600. The Balaban J connectivity index is 1.66. The lowest BCUT2D eigenvalue weighted by Gasteiger charge is -2.02. The minimum atomic E-state index is -0.322. The zero-order valence-electron chi connectivity index (χ0n) is 13.1. The summed E-state index contributed by atoms with van der Waals surface area (Å²) >= 11 is 1.28. The summed E-state index contributed by atoms with van der Waals surface area (Å²) in [5.41, 5.74) is 10.6. The van der Waals surface area contributed by atoms with Crippen LogP contribution in [0.3, 0.4) is 0 Å². The third-order valence-corrected chi connectivity index (χ3v) is 4.24. The Hall–Kier alpha value is -3.06. The Morgan fingerprint density at radius 3 is 2.64 bits per heavy atom. The average Bonchev–Trinajstić information content (AvgIpc) is 2.97. The van der Waals surface area contributed by atoms with E-state index in [0.717, 1.165) is 10.4 Å². The van der Waals surface area contributed by atoms with Gasteiger partial charge < -0.3 is 5.73 Å². The first kappa shape index (κ1) is 16.8. The molecule has 0 bridgehead atoms. The predicted octanol–water partition coefficient (Wildman–Crippen LogP) is 3.22. The Labute approximate surface area is 148 Å². The van der Waals surface area contributed by atoms with Crippen LogP contribution in [0.2, 0.25) is 0 Å². The number of nitrogens with one attached hydrogen (secondary N) is 1. The van der Waals surface area contributed by atoms with E-state index < -0.39 is 0 Å². The van der Waals surface area contributed by atoms with Crippen LogP contribution in [0.5, 0.6) is 0 Å². The maximum atomic E-state index is 12.8. The van der Waals surface area contributed by atoms with Crippen molar-refractivity contribution in [1.29, 1.82) is 0 Å². The molecule has 0 spiro atoms. The van der Waals surface area contributed by atoms with Crippen LogP contribution in [0, 0.1) is 5.82 Å². The topological polar surface area (TPSA) is 80.4 Å². The molecular formula is C18H15FN4OS. The van der Waals surface area contributed by atoms with E-state index in [9.17, 15) is 9.18 Å². The lowest BCUT2D eigenvalue weighted by Crippen LogP contribution is -2.19. The fraction of sp³-hybridized carbons (Fsp3) is 0.0556. The van der Waals surface area contributed by atoms with Gasteiger partial charge in [-0.15, -0.1) is 11.3 Å². The van der Waals surface area contributed by atoms with Gasteiger partial charge in [-0.3, -0.25) is 4.79 Å². The third kappa shape index (κ3) is 4.48. The molecule has 25 heavy (non-hydrogen) atoms. The van der Waals surface area contributed by atoms with Crippen LogP contribution < -0.4 is 11.2 Å². The van der Waals surface area contributed by atoms with Crippen molar-refractivity contribution in [1.82, 2.24) is 10.4 Å². The molecule has 126 valence electrons. The standard InChI is InChI=1S/C18H15FN4OS/c19-14-8-6-12(7-9-14)11-21-23-16(24)10-15-17(22-18(20)25-15)13-4-2-1-3-5-13/h1-9,11H,10H2,(H2,20,22)(H,23,24)/b21-11-. The SMILES string of the molecule is Nc1nc(-c2ccccc2)c(CC(=O)N/N=C\c2ccc(F)cc2)s1. The summed E-state index contributed by atoms with van der Waals surface area (Å²) in [6, 6.07) is 15.4. The molecule has 0 aliphatic rings. The molecule has 1 heterocycles. The van der Waals surface area contributed by atoms with Crippen molar-refractivity contribution < 1.29 is 9.18 Å². The first-order chi connectivity index (χ1) is 12.1. The summed E-state index contributed by atoms with van der Waals surface area (Å²) in [5, 5.41) is 4.30. The highest BCUT2D eigenvalue weighted by molar-refractivity contribution is 7.15. The number of aromatic nitrogens is 1. The van der Waals surface area contributed by atoms with Crippen LogP contribution in [0.25, 0.3) is 11.3 Å². The molecule has 1 amide bonds. The Morgan fingerprint density at radius 2 is 1.92 bits per heavy atom. The number of benzene rings is 2. The van der Waals surface area contributed by atoms with Gasteiger partial charge in [0.2, 0.25) is 5.91 Å². The van der Waals surface area contributed by atoms with Crippen LogP contribution >= 0.6 is 11.3 Å². The minimum Gasteiger partial charge on any atom is -0.375 e. The number of carbonyl (C=O) groups is 1. The molecular weight excluding hydrogens is 339 g/mol. The second-order valence-corrected chi connectivity index (χ2v) is 6.33. The number of thiazole rings is 1. The number of nitrogens with zero attached hydrogens (tertiary/aromatic N) is 2. The predicted molar refractivity (Wildman–Crippen MR) is 97.8 cm³/mol. The number of hydrazone groups is 1. The van der Waals surface area contributed by atoms with Crippen LogP contribution in [0.15, 0.2) is 59.7 Å². The molecule has 0 unspecified atom stereocenters. The lowest BCUT2D eigenvalue weighted by molar-refractivity contribution is -0.120. The highest BCUT2D eigenvalue weighted by atomic mass is 32.1. The van der Waals surface area contributed by atoms with Crippen molar-refractivity contribution in [2.45, 2.75) is 6.42 Å². The van der Waals surface area contributed by atoms with E-state index >= 15 is 0 Å². The molecule has 3 aromatic rings. The van der Waals surface area contributed by atoms with Gasteiger partial charge in [-0.2, -0.15) is 5.10 Å². The monoisotopic (exact) mass is 354 g/mol. The van der Waals surface area contributed by atoms with Crippen LogP contribution in [-0.4, -0.2) is 17.1 Å². The maximum absolute atomic E-state index is 12.8. The number of amides is 1. The number of nitrogens with two attached hydrogens (primary N) is 1. The minimum absolute atomic E-state index is 0.125. The molecule has 7 heteroatoms. The van der Waals surface area contributed by atoms with Crippen LogP contribution in [0.1, 0.15) is 10.4 Å². The maximum Gasteiger partial charge on any atom is 0.245 e. The molecule has 0 saturated carbocycles. The van der Waals surface area contributed by atoms with Gasteiger partial charge in [0, 0.05) is 10.4 Å². The van der Waals surface area contributed by atoms with Gasteiger partial charge in [0.25, 0.3) is 0 Å². The highest BCUT2D eigenvalue weighted by Gasteiger charge is 2.14. The molecule has 2 aromatic carbocycles. The van der Waals surface area contributed by atoms with Crippen LogP contribution in [0.4, 0.5) is 9.52 Å². The average molecular weight is 354 g/mol. The van der Waals surface area contributed by atoms with Gasteiger partial charge in [-0.05, 0) is 17.7 Å². The lowest BCUT2D eigenvalue weighted by atomic mass is 10.1. The Morgan fingerprint density at radius 1 is 1.20 bits per heavy atom. The first-order valence-electron chi connectivity index (χ1n) is 7.50. The fourth-order valence-electron chi connectivity index (χ4n) is 2.22. The van der Waals surface area contributed by atoms with E-state index in [1.54, 1.807) is 12.1 Å². The number of carbonyl (C=O) groups excluding carboxylic acids is 1. The van der Waals surface area contributed by atoms with E-state index in [2.05, 4.69) is 15.5 Å². The number of hydrogen-bond acceptors (Lipinski definition) is 5. The third-order valence-electron chi connectivity index (χ3n) is 3.36. The molecule has 5 nitrogen and oxygen atoms in total. The molecule has 0 fully saturated rings. The molecule has 3 N–H and O–H groups in total. The first-order valence-corrected chi connectivity index (χ1v) is 8.31. The van der Waals surface area contributed by atoms with E-state index in [1.165, 1.54) is 29.7 Å². The van der Waals surface area contributed by atoms with E-state index in [0.29, 0.717) is 16.4 Å². The molecule has 0 radical (unpaired) electrons. The molecule has 1 aromatic heterocycles. The largest absolute Gasteiger partial charge is 0.375 e. The molecule has 0 saturated heterocycles. The normalized spacial score (nSPS) is 10.9. The van der Waals surface area contributed by atoms with Crippen molar-refractivity contribution >= 4 is 28.6 Å². The van der Waals surface area contributed by atoms with Gasteiger partial charge in [0.15, 0.2) is 5.13 Å². The summed E-state index contributed by atoms with van der Waals surface area (Å²) < 4.78 is 12.8. The quantitative estimate of drug-likeness (QED) is 0.545. The summed E-state index contributed by atoms with van der Waals surface area (Å²) in [7, 11) is 0. The van der Waals surface area contributed by atoms with Crippen LogP contribution in [-0.2, 0) is 11.2 Å². The van der Waals surface area contributed by atoms with Gasteiger partial charge in [0.1, 0.15) is 5.82 Å². The van der Waals surface area contributed by atoms with Gasteiger partial charge in [-0.25, -0.2) is 14.8 Å². The van der Waals surface area contributed by atoms with Crippen molar-refractivity contribution in [2.75, 3.05) is 5.73 Å². The zero-order valence-corrected chi connectivity index (χ0v) is 14.0. The fourth-order valence-corrected chi connectivity index (χ4v) is 3.08. The van der Waals surface area contributed by atoms with E-state index in [1.807, 2.05) is 30.3 Å². The van der Waals surface area contributed by atoms with E-state index in [-0.39, 0.29) is 18.1 Å². The molecule has 0 atom stereocenters. The molecule has 0 aliphatic heterocycles. The summed E-state index contributed by atoms with van der Waals surface area (Å²) in [4.78, 5) is 17.2. The van der Waals surface area contributed by atoms with Gasteiger partial charge in [-0.1, -0.05) is 42.5 Å².